The molecule has 0 saturated carbocycles. The zero-order chi connectivity index (χ0) is 17.6. The summed E-state index contributed by atoms with van der Waals surface area (Å²) in [5.74, 6) is 0.889. The largest absolute Gasteiger partial charge is 0.352 e. The third kappa shape index (κ3) is 4.70. The smallest absolute Gasteiger partial charge is 0.319 e. The highest BCUT2D eigenvalue weighted by Crippen LogP contribution is 2.24. The SMILES string of the molecule is CN(C)CCNC(=O)Nc1ccnc(N2CCc3ccccc3C2)c1. The number of likely N-dealkylation sites (N-methyl/N-ethyl adjacent to an activating group) is 1. The van der Waals surface area contributed by atoms with Crippen LogP contribution in [0.3, 0.4) is 0 Å². The molecule has 2 heterocycles. The van der Waals surface area contributed by atoms with Gasteiger partial charge in [0.1, 0.15) is 5.82 Å². The average Bonchev–Trinajstić information content (AvgIpc) is 2.61. The van der Waals surface area contributed by atoms with Gasteiger partial charge in [-0.25, -0.2) is 9.78 Å². The number of hydrogen-bond donors (Lipinski definition) is 2. The highest BCUT2D eigenvalue weighted by Gasteiger charge is 2.17. The lowest BCUT2D eigenvalue weighted by atomic mass is 10.00. The molecule has 0 atom stereocenters. The number of aromatic nitrogens is 1. The maximum absolute atomic E-state index is 12.0. The Morgan fingerprint density at radius 1 is 1.24 bits per heavy atom. The van der Waals surface area contributed by atoms with E-state index in [0.717, 1.165) is 37.6 Å². The molecule has 0 bridgehead atoms. The molecule has 132 valence electrons. The Morgan fingerprint density at radius 2 is 2.04 bits per heavy atom. The van der Waals surface area contributed by atoms with Crippen LogP contribution in [0.1, 0.15) is 11.1 Å². The summed E-state index contributed by atoms with van der Waals surface area (Å²) in [5, 5.41) is 5.73. The Hall–Kier alpha value is -2.60. The second kappa shape index (κ2) is 7.98. The molecule has 0 fully saturated rings. The predicted octanol–water partition coefficient (Wildman–Crippen LogP) is 2.33. The number of urea groups is 1. The van der Waals surface area contributed by atoms with Crippen LogP contribution in [0.5, 0.6) is 0 Å². The Balaban J connectivity index is 1.61. The van der Waals surface area contributed by atoms with Gasteiger partial charge in [-0.3, -0.25) is 0 Å². The number of rotatable bonds is 5. The highest BCUT2D eigenvalue weighted by molar-refractivity contribution is 5.89. The van der Waals surface area contributed by atoms with E-state index in [1.54, 1.807) is 6.20 Å². The Labute approximate surface area is 148 Å². The molecule has 6 heteroatoms. The summed E-state index contributed by atoms with van der Waals surface area (Å²) >= 11 is 0. The minimum Gasteiger partial charge on any atom is -0.352 e. The Bertz CT molecular complexity index is 731. The van der Waals surface area contributed by atoms with Crippen LogP contribution in [-0.2, 0) is 13.0 Å². The van der Waals surface area contributed by atoms with Gasteiger partial charge in [0.25, 0.3) is 0 Å². The molecule has 25 heavy (non-hydrogen) atoms. The number of pyridine rings is 1. The topological polar surface area (TPSA) is 60.5 Å². The zero-order valence-corrected chi connectivity index (χ0v) is 14.8. The van der Waals surface area contributed by atoms with Crippen molar-refractivity contribution in [2.24, 2.45) is 0 Å². The molecule has 0 radical (unpaired) electrons. The third-order valence-corrected chi connectivity index (χ3v) is 4.30. The van der Waals surface area contributed by atoms with E-state index in [1.165, 1.54) is 11.1 Å². The van der Waals surface area contributed by atoms with Crippen LogP contribution >= 0.6 is 0 Å². The number of carbonyl (C=O) groups excluding carboxylic acids is 1. The van der Waals surface area contributed by atoms with Gasteiger partial charge >= 0.3 is 6.03 Å². The van der Waals surface area contributed by atoms with Gasteiger partial charge in [0, 0.05) is 44.1 Å². The molecule has 0 unspecified atom stereocenters. The van der Waals surface area contributed by atoms with Crippen molar-refractivity contribution in [1.29, 1.82) is 0 Å². The summed E-state index contributed by atoms with van der Waals surface area (Å²) in [7, 11) is 3.96. The quantitative estimate of drug-likeness (QED) is 0.878. The molecule has 6 nitrogen and oxygen atoms in total. The fraction of sp³-hybridized carbons (Fsp3) is 0.368. The van der Waals surface area contributed by atoms with Gasteiger partial charge in [0.15, 0.2) is 0 Å². The van der Waals surface area contributed by atoms with E-state index in [2.05, 4.69) is 44.8 Å². The average molecular weight is 339 g/mol. The first kappa shape index (κ1) is 17.2. The predicted molar refractivity (Wildman–Crippen MR) is 101 cm³/mol. The van der Waals surface area contributed by atoms with E-state index in [0.29, 0.717) is 6.54 Å². The molecule has 1 aliphatic heterocycles. The van der Waals surface area contributed by atoms with Crippen molar-refractivity contribution in [2.45, 2.75) is 13.0 Å². The molecule has 0 saturated heterocycles. The standard InChI is InChI=1S/C19H25N5O/c1-23(2)12-10-21-19(25)22-17-7-9-20-18(13-17)24-11-8-15-5-3-4-6-16(15)14-24/h3-7,9,13H,8,10-12,14H2,1-2H3,(H2,20,21,22,25). The molecule has 1 aromatic carbocycles. The molecule has 2 N–H and O–H groups in total. The van der Waals surface area contributed by atoms with E-state index in [1.807, 2.05) is 31.1 Å². The van der Waals surface area contributed by atoms with Crippen molar-refractivity contribution in [1.82, 2.24) is 15.2 Å². The number of nitrogens with zero attached hydrogens (tertiary/aromatic N) is 3. The van der Waals surface area contributed by atoms with E-state index in [9.17, 15) is 4.79 Å². The van der Waals surface area contributed by atoms with Crippen molar-refractivity contribution in [2.75, 3.05) is 43.9 Å². The minimum absolute atomic E-state index is 0.192. The number of hydrogen-bond acceptors (Lipinski definition) is 4. The van der Waals surface area contributed by atoms with Gasteiger partial charge in [-0.15, -0.1) is 0 Å². The molecular formula is C19H25N5O. The van der Waals surface area contributed by atoms with E-state index in [-0.39, 0.29) is 6.03 Å². The maximum Gasteiger partial charge on any atom is 0.319 e. The minimum atomic E-state index is -0.192. The first-order chi connectivity index (χ1) is 12.1. The second-order valence-electron chi connectivity index (χ2n) is 6.53. The van der Waals surface area contributed by atoms with Crippen molar-refractivity contribution in [3.8, 4) is 0 Å². The monoisotopic (exact) mass is 339 g/mol. The molecular weight excluding hydrogens is 314 g/mol. The van der Waals surface area contributed by atoms with Crippen LogP contribution in [0.25, 0.3) is 0 Å². The van der Waals surface area contributed by atoms with Gasteiger partial charge < -0.3 is 20.4 Å². The summed E-state index contributed by atoms with van der Waals surface area (Å²) in [6.07, 6.45) is 2.76. The van der Waals surface area contributed by atoms with Gasteiger partial charge in [0.05, 0.1) is 0 Å². The van der Waals surface area contributed by atoms with Crippen LogP contribution < -0.4 is 15.5 Å². The number of carbonyl (C=O) groups is 1. The molecule has 1 aromatic heterocycles. The van der Waals surface area contributed by atoms with Crippen molar-refractivity contribution in [3.05, 3.63) is 53.7 Å². The number of anilines is 2. The lowest BCUT2D eigenvalue weighted by Gasteiger charge is -2.30. The number of fused-ring (bicyclic) bond motifs is 1. The van der Waals surface area contributed by atoms with E-state index in [4.69, 9.17) is 0 Å². The van der Waals surface area contributed by atoms with Crippen LogP contribution in [0.2, 0.25) is 0 Å². The third-order valence-electron chi connectivity index (χ3n) is 4.30. The van der Waals surface area contributed by atoms with Crippen LogP contribution in [-0.4, -0.2) is 49.6 Å². The summed E-state index contributed by atoms with van der Waals surface area (Å²) < 4.78 is 0. The lowest BCUT2D eigenvalue weighted by molar-refractivity contribution is 0.250. The number of benzene rings is 1. The van der Waals surface area contributed by atoms with Gasteiger partial charge in [-0.05, 0) is 37.7 Å². The van der Waals surface area contributed by atoms with Gasteiger partial charge in [-0.2, -0.15) is 0 Å². The van der Waals surface area contributed by atoms with E-state index >= 15 is 0 Å². The summed E-state index contributed by atoms with van der Waals surface area (Å²) in [6.45, 7) is 3.20. The van der Waals surface area contributed by atoms with Crippen LogP contribution in [0, 0.1) is 0 Å². The molecule has 3 rings (SSSR count). The first-order valence-corrected chi connectivity index (χ1v) is 8.59. The lowest BCUT2D eigenvalue weighted by Crippen LogP contribution is -2.34. The fourth-order valence-electron chi connectivity index (χ4n) is 2.93. The fourth-order valence-corrected chi connectivity index (χ4v) is 2.93. The molecule has 2 amide bonds. The number of nitrogens with one attached hydrogen (secondary N) is 2. The Morgan fingerprint density at radius 3 is 2.84 bits per heavy atom. The highest BCUT2D eigenvalue weighted by atomic mass is 16.2. The van der Waals surface area contributed by atoms with Crippen LogP contribution in [0.15, 0.2) is 42.6 Å². The maximum atomic E-state index is 12.0. The Kier molecular flexibility index (Phi) is 5.50. The van der Waals surface area contributed by atoms with Gasteiger partial charge in [-0.1, -0.05) is 24.3 Å². The molecule has 2 aromatic rings. The van der Waals surface area contributed by atoms with E-state index < -0.39 is 0 Å². The second-order valence-corrected chi connectivity index (χ2v) is 6.53. The first-order valence-electron chi connectivity index (χ1n) is 8.59. The normalized spacial score (nSPS) is 13.5. The zero-order valence-electron chi connectivity index (χ0n) is 14.8. The summed E-state index contributed by atoms with van der Waals surface area (Å²) in [6, 6.07) is 12.1. The summed E-state index contributed by atoms with van der Waals surface area (Å²) in [4.78, 5) is 20.7. The molecule has 0 aliphatic carbocycles. The number of amides is 2. The van der Waals surface area contributed by atoms with Crippen molar-refractivity contribution >= 4 is 17.5 Å². The molecule has 0 spiro atoms. The summed E-state index contributed by atoms with van der Waals surface area (Å²) in [5.41, 5.74) is 3.51. The van der Waals surface area contributed by atoms with Gasteiger partial charge in [0.2, 0.25) is 0 Å². The van der Waals surface area contributed by atoms with Crippen molar-refractivity contribution in [3.63, 3.8) is 0 Å². The molecule has 1 aliphatic rings. The van der Waals surface area contributed by atoms with Crippen LogP contribution in [0.4, 0.5) is 16.3 Å². The van der Waals surface area contributed by atoms with Crippen molar-refractivity contribution < 1.29 is 4.79 Å².